The van der Waals surface area contributed by atoms with Gasteiger partial charge in [-0.3, -0.25) is 0 Å². The molecule has 0 heterocycles. The predicted octanol–water partition coefficient (Wildman–Crippen LogP) is 20.2. The zero-order chi connectivity index (χ0) is 81.0. The number of fused-ring (bicyclic) bond motifs is 8. The molecule has 0 spiro atoms. The van der Waals surface area contributed by atoms with Crippen molar-refractivity contribution in [3.63, 3.8) is 0 Å². The number of methoxy groups -OCH3 is 4. The minimum Gasteiger partial charge on any atom is -0.496 e. The first-order chi connectivity index (χ1) is 50.2. The second-order valence-corrected chi connectivity index (χ2v) is 54.7. The highest BCUT2D eigenvalue weighted by molar-refractivity contribution is 6.75. The third kappa shape index (κ3) is 27.0. The van der Waals surface area contributed by atoms with Crippen molar-refractivity contribution in [1.29, 1.82) is 0 Å². The summed E-state index contributed by atoms with van der Waals surface area (Å²) < 4.78 is 74.9. The van der Waals surface area contributed by atoms with E-state index in [0.29, 0.717) is 86.5 Å². The number of hydrogen-bond donors (Lipinski definition) is 0. The Morgan fingerprint density at radius 2 is 0.472 bits per heavy atom. The van der Waals surface area contributed by atoms with Gasteiger partial charge in [0.15, 0.2) is 33.3 Å². The number of aryl methyl sites for hydroxylation is 4. The van der Waals surface area contributed by atoms with Crippen LogP contribution in [0.25, 0.3) is 0 Å². The number of carbonyl (C=O) groups excluding carboxylic acids is 4. The molecule has 600 valence electrons. The van der Waals surface area contributed by atoms with Crippen molar-refractivity contribution in [2.45, 2.75) is 258 Å². The Kier molecular flexibility index (Phi) is 34.3. The van der Waals surface area contributed by atoms with Gasteiger partial charge >= 0.3 is 23.9 Å². The molecule has 0 atom stereocenters. The van der Waals surface area contributed by atoms with Gasteiger partial charge in [0.05, 0.1) is 104 Å². The van der Waals surface area contributed by atoms with Crippen molar-refractivity contribution in [3.05, 3.63) is 164 Å². The number of hydrogen-bond acceptors (Lipinski definition) is 16. The van der Waals surface area contributed by atoms with Gasteiger partial charge in [-0.05, 0) is 216 Å². The summed E-state index contributed by atoms with van der Waals surface area (Å²) in [7, 11) is -1.55. The lowest BCUT2D eigenvalue weighted by Crippen LogP contribution is -2.41. The molecule has 1 aliphatic rings. The molecule has 20 heteroatoms. The normalized spacial score (nSPS) is 13.1. The molecule has 1 aliphatic carbocycles. The maximum Gasteiger partial charge on any atom is 0.335 e. The van der Waals surface area contributed by atoms with Gasteiger partial charge in [0.25, 0.3) is 0 Å². The average molecular weight is 1560 g/mol. The minimum atomic E-state index is -2.14. The Balaban J connectivity index is 1.60. The first-order valence-corrected chi connectivity index (χ1v) is 50.5. The van der Waals surface area contributed by atoms with Crippen LogP contribution < -0.4 is 18.9 Å². The highest BCUT2D eigenvalue weighted by Crippen LogP contribution is 2.44. The minimum absolute atomic E-state index is 0.00519. The Morgan fingerprint density at radius 1 is 0.296 bits per heavy atom. The van der Waals surface area contributed by atoms with E-state index in [1.165, 1.54) is 0 Å². The van der Waals surface area contributed by atoms with E-state index in [0.717, 1.165) is 128 Å². The number of benzene rings is 4. The Morgan fingerprint density at radius 3 is 0.648 bits per heavy atom. The molecule has 16 nitrogen and oxygen atoms in total. The molecule has 0 fully saturated rings. The van der Waals surface area contributed by atoms with Crippen LogP contribution in [-0.2, 0) is 107 Å². The van der Waals surface area contributed by atoms with Crippen molar-refractivity contribution in [2.75, 3.05) is 81.3 Å². The highest BCUT2D eigenvalue weighted by Gasteiger charge is 2.41. The largest absolute Gasteiger partial charge is 0.496 e. The smallest absolute Gasteiger partial charge is 0.335 e. The summed E-state index contributed by atoms with van der Waals surface area (Å²) in [5, 5.41) is -0.0690. The fourth-order valence-corrected chi connectivity index (χ4v) is 15.7. The molecule has 108 heavy (non-hydrogen) atoms. The van der Waals surface area contributed by atoms with Crippen molar-refractivity contribution in [1.82, 2.24) is 0 Å². The second-order valence-electron chi connectivity index (χ2n) is 35.5. The van der Waals surface area contributed by atoms with E-state index in [9.17, 15) is 19.2 Å². The maximum atomic E-state index is 13.4. The number of esters is 4. The van der Waals surface area contributed by atoms with E-state index >= 15 is 0 Å². The topological polar surface area (TPSA) is 179 Å². The van der Waals surface area contributed by atoms with E-state index in [4.69, 9.17) is 55.6 Å². The standard InChI is InChI=1S/C88H136O16Si4/c1-61(57-101-105(21,22)85(5,6)7)81(89)97-41-33-29-31-37-65-45-69-53-73-49-67(39-35-43-99-83(91)63(3)59-103-107(25,26)87(11,12)13)51-75(79(73)95-19)55-71-47-66(38-32-30-34-42-98-82(90)62(2)58-102-106(23,24)86(8,9)10)48-72(78(71)94-18)56-76-52-68(50-74(80(76)96-20)54-70(46-65)77(69)93-17)40-36-44-100-84(92)64(4)60-104-108(27,28)88(14,15)16/h45-52H,1-4,29-44,53-60H2,5-28H3. The molecule has 0 radical (unpaired) electrons. The second kappa shape index (κ2) is 40.2. The molecule has 0 aliphatic heterocycles. The summed E-state index contributed by atoms with van der Waals surface area (Å²) in [5.41, 5.74) is 13.3. The van der Waals surface area contributed by atoms with Gasteiger partial charge < -0.3 is 55.6 Å². The molecule has 4 aromatic carbocycles. The van der Waals surface area contributed by atoms with Gasteiger partial charge in [-0.1, -0.05) is 158 Å². The monoisotopic (exact) mass is 1560 g/mol. The van der Waals surface area contributed by atoms with E-state index in [1.54, 1.807) is 28.4 Å². The molecule has 0 amide bonds. The maximum absolute atomic E-state index is 13.4. The van der Waals surface area contributed by atoms with Crippen LogP contribution in [0.1, 0.15) is 201 Å². The van der Waals surface area contributed by atoms with Gasteiger partial charge in [0.2, 0.25) is 0 Å². The first kappa shape index (κ1) is 92.2. The molecule has 0 aromatic heterocycles. The van der Waals surface area contributed by atoms with Crippen LogP contribution in [0, 0.1) is 0 Å². The van der Waals surface area contributed by atoms with E-state index in [2.05, 4.69) is 210 Å². The van der Waals surface area contributed by atoms with Crippen LogP contribution in [0.4, 0.5) is 0 Å². The lowest BCUT2D eigenvalue weighted by Gasteiger charge is -2.36. The third-order valence-corrected chi connectivity index (χ3v) is 40.6. The SMILES string of the molecule is C=C(CO[Si](C)(C)C(C)(C)C)C(=O)OCCCCCc1cc2c(OC)c(c1)Cc1cc(CCCOC(=O)C(=C)CO[Si](C)(C)C(C)(C)C)cc(c1OC)Cc1cc(CCCCCOC(=O)C(=C)CO[Si](C)(C)C(C)(C)C)cc(c1OC)Cc1cc(CCCOC(=O)C(=C)CO[Si](C)(C)C(C)(C)C)cc(c1OC)C2. The highest BCUT2D eigenvalue weighted by atomic mass is 28.4. The van der Waals surface area contributed by atoms with Crippen molar-refractivity contribution < 1.29 is 74.8 Å². The van der Waals surface area contributed by atoms with Crippen molar-refractivity contribution in [3.8, 4) is 23.0 Å². The molecule has 0 N–H and O–H groups in total. The Labute approximate surface area is 654 Å². The molecule has 4 aromatic rings. The van der Waals surface area contributed by atoms with E-state index < -0.39 is 57.1 Å². The summed E-state index contributed by atoms with van der Waals surface area (Å²) >= 11 is 0. The molecular formula is C88H136O16Si4. The zero-order valence-corrected chi connectivity index (χ0v) is 74.9. The molecule has 0 unspecified atom stereocenters. The van der Waals surface area contributed by atoms with Gasteiger partial charge in [-0.15, -0.1) is 0 Å². The van der Waals surface area contributed by atoms with Gasteiger partial charge in [-0.25, -0.2) is 19.2 Å². The van der Waals surface area contributed by atoms with Gasteiger partial charge in [-0.2, -0.15) is 0 Å². The molecule has 5 rings (SSSR count). The van der Waals surface area contributed by atoms with Gasteiger partial charge in [0, 0.05) is 25.7 Å². The molecular weight excluding hydrogens is 1430 g/mol. The van der Waals surface area contributed by atoms with Crippen LogP contribution in [0.15, 0.2) is 97.1 Å². The summed E-state index contributed by atoms with van der Waals surface area (Å²) in [6.07, 6.45) is 10.2. The molecule has 0 saturated heterocycles. The summed E-state index contributed by atoms with van der Waals surface area (Å²) in [4.78, 5) is 53.1. The van der Waals surface area contributed by atoms with E-state index in [1.807, 2.05) is 0 Å². The summed E-state index contributed by atoms with van der Waals surface area (Å²) in [6, 6.07) is 17.9. The summed E-state index contributed by atoms with van der Waals surface area (Å²) in [6.45, 7) is 60.8. The lowest BCUT2D eigenvalue weighted by atomic mass is 9.87. The number of rotatable bonds is 40. The van der Waals surface area contributed by atoms with Crippen LogP contribution in [-0.4, -0.2) is 138 Å². The zero-order valence-electron chi connectivity index (χ0n) is 70.9. The third-order valence-electron chi connectivity index (χ3n) is 22.7. The summed E-state index contributed by atoms with van der Waals surface area (Å²) in [5.74, 6) is 1.20. The van der Waals surface area contributed by atoms with Crippen LogP contribution in [0.5, 0.6) is 23.0 Å². The lowest BCUT2D eigenvalue weighted by molar-refractivity contribution is -0.140. The predicted molar refractivity (Wildman–Crippen MR) is 448 cm³/mol. The molecule has 8 bridgehead atoms. The number of ether oxygens (including phenoxy) is 8. The van der Waals surface area contributed by atoms with E-state index in [-0.39, 0.29) is 73.0 Å². The average Bonchev–Trinajstić information content (AvgIpc) is 0.772. The van der Waals surface area contributed by atoms with Crippen molar-refractivity contribution in [2.24, 2.45) is 0 Å². The Hall–Kier alpha value is -6.37. The van der Waals surface area contributed by atoms with Crippen LogP contribution >= 0.6 is 0 Å². The Bertz CT molecular complexity index is 3440. The molecule has 0 saturated carbocycles. The van der Waals surface area contributed by atoms with Crippen molar-refractivity contribution >= 4 is 57.1 Å². The number of carbonyl (C=O) groups is 4. The quantitative estimate of drug-likeness (QED) is 0.0119. The first-order valence-electron chi connectivity index (χ1n) is 38.9. The fourth-order valence-electron chi connectivity index (χ4n) is 11.8. The van der Waals surface area contributed by atoms with Gasteiger partial charge in [0.1, 0.15) is 23.0 Å². The van der Waals surface area contributed by atoms with Crippen LogP contribution in [0.3, 0.4) is 0 Å². The fraction of sp³-hybridized carbons (Fsp3) is 0.591. The van der Waals surface area contributed by atoms with Crippen LogP contribution in [0.2, 0.25) is 72.5 Å². The number of unbranched alkanes of at least 4 members (excludes halogenated alkanes) is 4.